The number of rotatable bonds is 3. The molecule has 3 rings (SSSR count). The maximum Gasteiger partial charge on any atom is 0.355 e. The maximum atomic E-state index is 12.4. The van der Waals surface area contributed by atoms with Gasteiger partial charge in [-0.1, -0.05) is 42.5 Å². The number of para-hydroxylation sites is 1. The molecule has 0 fully saturated rings. The highest BCUT2D eigenvalue weighted by atomic mass is 16.5. The molecule has 2 aromatic carbocycles. The first kappa shape index (κ1) is 14.8. The summed E-state index contributed by atoms with van der Waals surface area (Å²) in [4.78, 5) is 24.7. The third-order valence-electron chi connectivity index (χ3n) is 3.66. The molecule has 3 aromatic rings. The molecule has 0 N–H and O–H groups in total. The van der Waals surface area contributed by atoms with Gasteiger partial charge in [0.05, 0.1) is 14.2 Å². The number of hydrogen-bond acceptors (Lipinski definition) is 4. The molecule has 0 saturated carbocycles. The number of ether oxygens (including phenoxy) is 2. The van der Waals surface area contributed by atoms with E-state index in [1.54, 1.807) is 16.7 Å². The van der Waals surface area contributed by atoms with Gasteiger partial charge in [-0.25, -0.2) is 9.59 Å². The Labute approximate surface area is 133 Å². The van der Waals surface area contributed by atoms with Gasteiger partial charge in [0.25, 0.3) is 0 Å². The number of benzene rings is 2. The van der Waals surface area contributed by atoms with E-state index in [0.29, 0.717) is 27.8 Å². The van der Waals surface area contributed by atoms with E-state index in [4.69, 9.17) is 9.47 Å². The van der Waals surface area contributed by atoms with Gasteiger partial charge < -0.3 is 9.47 Å². The van der Waals surface area contributed by atoms with Crippen molar-refractivity contribution in [2.45, 2.75) is 0 Å². The van der Waals surface area contributed by atoms with Crippen LogP contribution in [0.25, 0.3) is 16.5 Å². The Bertz CT molecular complexity index is 828. The molecule has 0 bridgehead atoms. The lowest BCUT2D eigenvalue weighted by molar-refractivity contribution is 0.0586. The largest absolute Gasteiger partial charge is 0.464 e. The first-order valence-electron chi connectivity index (χ1n) is 7.04. The Balaban J connectivity index is 2.47. The maximum absolute atomic E-state index is 12.4. The molecule has 0 aliphatic carbocycles. The van der Waals surface area contributed by atoms with E-state index in [9.17, 15) is 9.59 Å². The first-order valence-corrected chi connectivity index (χ1v) is 7.04. The van der Waals surface area contributed by atoms with Crippen molar-refractivity contribution in [1.82, 2.24) is 4.57 Å². The van der Waals surface area contributed by atoms with Gasteiger partial charge in [0.1, 0.15) is 11.4 Å². The standard InChI is InChI=1S/C18H15NO4/c1-22-17(20)15-13-10-6-7-11-14(13)16(18(21)23-2)19(15)12-8-4-3-5-9-12/h3-11H,1-2H3. The van der Waals surface area contributed by atoms with Crippen LogP contribution in [0.3, 0.4) is 0 Å². The molecule has 0 unspecified atom stereocenters. The van der Waals surface area contributed by atoms with Crippen LogP contribution in [0.4, 0.5) is 0 Å². The van der Waals surface area contributed by atoms with Gasteiger partial charge in [-0.3, -0.25) is 4.57 Å². The fraction of sp³-hybridized carbons (Fsp3) is 0.111. The van der Waals surface area contributed by atoms with Crippen molar-refractivity contribution in [3.05, 3.63) is 66.0 Å². The van der Waals surface area contributed by atoms with Crippen molar-refractivity contribution in [2.24, 2.45) is 0 Å². The van der Waals surface area contributed by atoms with Crippen LogP contribution in [0.2, 0.25) is 0 Å². The second-order valence-electron chi connectivity index (χ2n) is 4.90. The molecule has 1 heterocycles. The number of aromatic nitrogens is 1. The van der Waals surface area contributed by atoms with Crippen LogP contribution >= 0.6 is 0 Å². The minimum absolute atomic E-state index is 0.301. The lowest BCUT2D eigenvalue weighted by Crippen LogP contribution is -2.15. The molecule has 0 aliphatic rings. The van der Waals surface area contributed by atoms with E-state index in [2.05, 4.69) is 0 Å². The second kappa shape index (κ2) is 5.96. The van der Waals surface area contributed by atoms with Gasteiger partial charge in [-0.05, 0) is 12.1 Å². The third-order valence-corrected chi connectivity index (χ3v) is 3.66. The van der Waals surface area contributed by atoms with Crippen molar-refractivity contribution >= 4 is 22.7 Å². The van der Waals surface area contributed by atoms with Crippen LogP contribution in [-0.2, 0) is 9.47 Å². The molecule has 0 radical (unpaired) electrons. The average Bonchev–Trinajstić information content (AvgIpc) is 2.96. The van der Waals surface area contributed by atoms with Crippen molar-refractivity contribution in [2.75, 3.05) is 14.2 Å². The predicted molar refractivity (Wildman–Crippen MR) is 86.0 cm³/mol. The summed E-state index contributed by atoms with van der Waals surface area (Å²) >= 11 is 0. The summed E-state index contributed by atoms with van der Waals surface area (Å²) in [7, 11) is 2.63. The fourth-order valence-corrected chi connectivity index (χ4v) is 2.68. The molecule has 23 heavy (non-hydrogen) atoms. The van der Waals surface area contributed by atoms with Crippen molar-refractivity contribution in [3.63, 3.8) is 0 Å². The zero-order valence-corrected chi connectivity index (χ0v) is 12.8. The lowest BCUT2D eigenvalue weighted by atomic mass is 10.1. The van der Waals surface area contributed by atoms with E-state index in [0.717, 1.165) is 0 Å². The Morgan fingerprint density at radius 2 is 1.17 bits per heavy atom. The summed E-state index contributed by atoms with van der Waals surface area (Å²) < 4.78 is 11.4. The van der Waals surface area contributed by atoms with Crippen molar-refractivity contribution in [3.8, 4) is 5.69 Å². The highest BCUT2D eigenvalue weighted by molar-refractivity contribution is 6.13. The van der Waals surface area contributed by atoms with Crippen LogP contribution in [0.1, 0.15) is 21.0 Å². The van der Waals surface area contributed by atoms with Gasteiger partial charge in [0, 0.05) is 16.5 Å². The Morgan fingerprint density at radius 3 is 1.61 bits per heavy atom. The fourth-order valence-electron chi connectivity index (χ4n) is 2.68. The number of nitrogens with zero attached hydrogens (tertiary/aromatic N) is 1. The zero-order valence-electron chi connectivity index (χ0n) is 12.8. The number of carbonyl (C=O) groups is 2. The van der Waals surface area contributed by atoms with Gasteiger partial charge >= 0.3 is 11.9 Å². The smallest absolute Gasteiger partial charge is 0.355 e. The van der Waals surface area contributed by atoms with Crippen molar-refractivity contribution < 1.29 is 19.1 Å². The van der Waals surface area contributed by atoms with Gasteiger partial charge in [-0.15, -0.1) is 0 Å². The molecule has 0 aliphatic heterocycles. The lowest BCUT2D eigenvalue weighted by Gasteiger charge is -2.11. The molecule has 5 heteroatoms. The zero-order chi connectivity index (χ0) is 16.4. The van der Waals surface area contributed by atoms with Gasteiger partial charge in [0.2, 0.25) is 0 Å². The molecule has 0 atom stereocenters. The quantitative estimate of drug-likeness (QED) is 0.697. The van der Waals surface area contributed by atoms with Crippen LogP contribution in [0, 0.1) is 0 Å². The highest BCUT2D eigenvalue weighted by Gasteiger charge is 2.27. The second-order valence-corrected chi connectivity index (χ2v) is 4.90. The molecular formula is C18H15NO4. The molecule has 0 amide bonds. The minimum Gasteiger partial charge on any atom is -0.464 e. The van der Waals surface area contributed by atoms with Gasteiger partial charge in [0.15, 0.2) is 0 Å². The summed E-state index contributed by atoms with van der Waals surface area (Å²) in [5, 5.41) is 1.28. The summed E-state index contributed by atoms with van der Waals surface area (Å²) in [5.41, 5.74) is 1.29. The number of methoxy groups -OCH3 is 2. The van der Waals surface area contributed by atoms with Crippen LogP contribution in [0.5, 0.6) is 0 Å². The van der Waals surface area contributed by atoms with Gasteiger partial charge in [-0.2, -0.15) is 0 Å². The average molecular weight is 309 g/mol. The first-order chi connectivity index (χ1) is 11.2. The van der Waals surface area contributed by atoms with Crippen LogP contribution < -0.4 is 0 Å². The number of esters is 2. The van der Waals surface area contributed by atoms with E-state index >= 15 is 0 Å². The molecular weight excluding hydrogens is 294 g/mol. The highest BCUT2D eigenvalue weighted by Crippen LogP contribution is 2.30. The summed E-state index contributed by atoms with van der Waals surface area (Å²) in [5.74, 6) is -1.03. The summed E-state index contributed by atoms with van der Waals surface area (Å²) in [6.07, 6.45) is 0. The summed E-state index contributed by atoms with van der Waals surface area (Å²) in [6.45, 7) is 0. The Kier molecular flexibility index (Phi) is 3.85. The Hall–Kier alpha value is -3.08. The van der Waals surface area contributed by atoms with Crippen molar-refractivity contribution in [1.29, 1.82) is 0 Å². The topological polar surface area (TPSA) is 57.5 Å². The predicted octanol–water partition coefficient (Wildman–Crippen LogP) is 3.20. The van der Waals surface area contributed by atoms with Crippen LogP contribution in [-0.4, -0.2) is 30.7 Å². The molecule has 5 nitrogen and oxygen atoms in total. The third kappa shape index (κ3) is 2.36. The van der Waals surface area contributed by atoms with E-state index in [1.165, 1.54) is 14.2 Å². The molecule has 0 saturated heterocycles. The minimum atomic E-state index is -0.514. The van der Waals surface area contributed by atoms with Crippen LogP contribution in [0.15, 0.2) is 54.6 Å². The molecule has 1 aromatic heterocycles. The summed E-state index contributed by atoms with van der Waals surface area (Å²) in [6, 6.07) is 16.4. The number of hydrogen-bond donors (Lipinski definition) is 0. The number of carbonyl (C=O) groups excluding carboxylic acids is 2. The normalized spacial score (nSPS) is 10.5. The van der Waals surface area contributed by atoms with E-state index in [-0.39, 0.29) is 0 Å². The van der Waals surface area contributed by atoms with E-state index < -0.39 is 11.9 Å². The monoisotopic (exact) mass is 309 g/mol. The number of fused-ring (bicyclic) bond motifs is 1. The molecule has 116 valence electrons. The van der Waals surface area contributed by atoms with E-state index in [1.807, 2.05) is 42.5 Å². The Morgan fingerprint density at radius 1 is 0.739 bits per heavy atom. The molecule has 0 spiro atoms. The SMILES string of the molecule is COC(=O)c1c2ccccc2c(C(=O)OC)n1-c1ccccc1.